The van der Waals surface area contributed by atoms with Gasteiger partial charge in [0.25, 0.3) is 0 Å². The number of sulfonamides is 1. The van der Waals surface area contributed by atoms with Crippen molar-refractivity contribution < 1.29 is 22.6 Å². The third kappa shape index (κ3) is 4.68. The number of hydrogen-bond donors (Lipinski definition) is 1. The first-order valence-corrected chi connectivity index (χ1v) is 10.2. The number of nitrogens with one attached hydrogen (secondary N) is 1. The highest BCUT2D eigenvalue weighted by Crippen LogP contribution is 2.32. The van der Waals surface area contributed by atoms with Gasteiger partial charge in [0.15, 0.2) is 11.5 Å². The summed E-state index contributed by atoms with van der Waals surface area (Å²) in [6.07, 6.45) is 2.14. The van der Waals surface area contributed by atoms with Crippen LogP contribution in [0.5, 0.6) is 17.2 Å². The maximum Gasteiger partial charge on any atom is 0.240 e. The number of ether oxygens (including phenoxy) is 3. The number of benzene rings is 2. The van der Waals surface area contributed by atoms with Crippen LogP contribution in [0.2, 0.25) is 0 Å². The van der Waals surface area contributed by atoms with Crippen molar-refractivity contribution in [2.24, 2.45) is 0 Å². The van der Waals surface area contributed by atoms with Gasteiger partial charge in [0, 0.05) is 12.6 Å². The minimum absolute atomic E-state index is 0.144. The van der Waals surface area contributed by atoms with Gasteiger partial charge in [-0.3, -0.25) is 0 Å². The van der Waals surface area contributed by atoms with Crippen LogP contribution >= 0.6 is 0 Å². The minimum atomic E-state index is -3.63. The zero-order valence-corrected chi connectivity index (χ0v) is 15.6. The minimum Gasteiger partial charge on any atom is -0.492 e. The predicted molar refractivity (Wildman–Crippen MR) is 98.6 cm³/mol. The normalized spacial score (nSPS) is 13.4. The van der Waals surface area contributed by atoms with Gasteiger partial charge in [0.2, 0.25) is 10.0 Å². The number of rotatable bonds is 8. The molecule has 1 N–H and O–H groups in total. The van der Waals surface area contributed by atoms with Crippen LogP contribution in [0.3, 0.4) is 0 Å². The largest absolute Gasteiger partial charge is 0.492 e. The Balaban J connectivity index is 1.52. The van der Waals surface area contributed by atoms with E-state index in [1.165, 1.54) is 17.7 Å². The van der Waals surface area contributed by atoms with Crippen molar-refractivity contribution >= 4 is 10.0 Å². The number of aryl methyl sites for hydroxylation is 1. The Bertz CT molecular complexity index is 834. The molecule has 2 aromatic rings. The van der Waals surface area contributed by atoms with Crippen LogP contribution in [0.15, 0.2) is 47.4 Å². The van der Waals surface area contributed by atoms with E-state index in [4.69, 9.17) is 14.2 Å². The SMILES string of the molecule is CCCc1ccc(OCCNS(=O)(=O)c2ccc3c(c2)OCCO3)cc1. The summed E-state index contributed by atoms with van der Waals surface area (Å²) in [7, 11) is -3.63. The first-order chi connectivity index (χ1) is 12.6. The molecule has 1 aliphatic heterocycles. The van der Waals surface area contributed by atoms with E-state index in [1.54, 1.807) is 6.07 Å². The molecule has 1 aliphatic rings. The van der Waals surface area contributed by atoms with Gasteiger partial charge in [-0.05, 0) is 36.2 Å². The van der Waals surface area contributed by atoms with Gasteiger partial charge < -0.3 is 14.2 Å². The molecule has 0 fully saturated rings. The fourth-order valence-electron chi connectivity index (χ4n) is 2.66. The lowest BCUT2D eigenvalue weighted by Crippen LogP contribution is -2.28. The zero-order valence-electron chi connectivity index (χ0n) is 14.7. The van der Waals surface area contributed by atoms with E-state index in [2.05, 4.69) is 11.6 Å². The first-order valence-electron chi connectivity index (χ1n) is 8.69. The Hall–Kier alpha value is -2.25. The molecule has 26 heavy (non-hydrogen) atoms. The Morgan fingerprint density at radius 3 is 2.50 bits per heavy atom. The summed E-state index contributed by atoms with van der Waals surface area (Å²) < 4.78 is 43.7. The molecule has 6 nitrogen and oxygen atoms in total. The summed E-state index contributed by atoms with van der Waals surface area (Å²) in [5.74, 6) is 1.73. The molecule has 0 saturated heterocycles. The molecule has 0 radical (unpaired) electrons. The van der Waals surface area contributed by atoms with Crippen LogP contribution in [-0.4, -0.2) is 34.8 Å². The van der Waals surface area contributed by atoms with Crippen molar-refractivity contribution in [1.82, 2.24) is 4.72 Å². The molecule has 0 bridgehead atoms. The summed E-state index contributed by atoms with van der Waals surface area (Å²) in [5, 5.41) is 0. The monoisotopic (exact) mass is 377 g/mol. The molecule has 0 spiro atoms. The zero-order chi connectivity index (χ0) is 18.4. The standard InChI is InChI=1S/C19H23NO5S/c1-2-3-15-4-6-16(7-5-15)23-11-10-20-26(21,22)17-8-9-18-19(14-17)25-13-12-24-18/h4-9,14,20H,2-3,10-13H2,1H3. The van der Waals surface area contributed by atoms with E-state index in [0.29, 0.717) is 24.7 Å². The summed E-state index contributed by atoms with van der Waals surface area (Å²) in [5.41, 5.74) is 1.26. The van der Waals surface area contributed by atoms with Crippen LogP contribution in [-0.2, 0) is 16.4 Å². The third-order valence-electron chi connectivity index (χ3n) is 3.95. The van der Waals surface area contributed by atoms with Gasteiger partial charge in [0.1, 0.15) is 25.6 Å². The Morgan fingerprint density at radius 2 is 1.77 bits per heavy atom. The lowest BCUT2D eigenvalue weighted by Gasteiger charge is -2.19. The highest BCUT2D eigenvalue weighted by atomic mass is 32.2. The maximum atomic E-state index is 12.4. The van der Waals surface area contributed by atoms with Gasteiger partial charge in [-0.25, -0.2) is 13.1 Å². The molecule has 140 valence electrons. The van der Waals surface area contributed by atoms with Crippen LogP contribution in [0.1, 0.15) is 18.9 Å². The molecule has 0 atom stereocenters. The molecular formula is C19H23NO5S. The average Bonchev–Trinajstić information content (AvgIpc) is 2.66. The van der Waals surface area contributed by atoms with Crippen LogP contribution in [0, 0.1) is 0 Å². The van der Waals surface area contributed by atoms with E-state index in [0.717, 1.165) is 18.6 Å². The number of fused-ring (bicyclic) bond motifs is 1. The molecule has 3 rings (SSSR count). The second kappa shape index (κ2) is 8.42. The van der Waals surface area contributed by atoms with Gasteiger partial charge in [-0.2, -0.15) is 0 Å². The molecule has 0 aromatic heterocycles. The molecule has 1 heterocycles. The van der Waals surface area contributed by atoms with E-state index in [9.17, 15) is 8.42 Å². The van der Waals surface area contributed by atoms with Crippen LogP contribution in [0.4, 0.5) is 0 Å². The molecule has 2 aromatic carbocycles. The Kier molecular flexibility index (Phi) is 6.00. The second-order valence-corrected chi connectivity index (χ2v) is 7.71. The summed E-state index contributed by atoms with van der Waals surface area (Å²) in [4.78, 5) is 0.144. The summed E-state index contributed by atoms with van der Waals surface area (Å²) in [6, 6.07) is 12.4. The molecule has 0 saturated carbocycles. The molecule has 0 aliphatic carbocycles. The van der Waals surface area contributed by atoms with E-state index in [1.807, 2.05) is 24.3 Å². The van der Waals surface area contributed by atoms with Gasteiger partial charge in [-0.1, -0.05) is 25.5 Å². The molecular weight excluding hydrogens is 354 g/mol. The lowest BCUT2D eigenvalue weighted by atomic mass is 10.1. The predicted octanol–water partition coefficient (Wildman–Crippen LogP) is 2.77. The van der Waals surface area contributed by atoms with E-state index < -0.39 is 10.0 Å². The molecule has 0 amide bonds. The third-order valence-corrected chi connectivity index (χ3v) is 5.41. The fraction of sp³-hybridized carbons (Fsp3) is 0.368. The van der Waals surface area contributed by atoms with Crippen molar-refractivity contribution in [3.05, 3.63) is 48.0 Å². The van der Waals surface area contributed by atoms with Crippen molar-refractivity contribution in [3.63, 3.8) is 0 Å². The van der Waals surface area contributed by atoms with E-state index >= 15 is 0 Å². The van der Waals surface area contributed by atoms with Gasteiger partial charge in [0.05, 0.1) is 4.90 Å². The molecule has 0 unspecified atom stereocenters. The highest BCUT2D eigenvalue weighted by Gasteiger charge is 2.19. The van der Waals surface area contributed by atoms with E-state index in [-0.39, 0.29) is 18.0 Å². The van der Waals surface area contributed by atoms with Gasteiger partial charge in [-0.15, -0.1) is 0 Å². The van der Waals surface area contributed by atoms with Gasteiger partial charge >= 0.3 is 0 Å². The highest BCUT2D eigenvalue weighted by molar-refractivity contribution is 7.89. The number of hydrogen-bond acceptors (Lipinski definition) is 5. The quantitative estimate of drug-likeness (QED) is 0.716. The van der Waals surface area contributed by atoms with Crippen molar-refractivity contribution in [2.45, 2.75) is 24.7 Å². The van der Waals surface area contributed by atoms with Crippen molar-refractivity contribution in [2.75, 3.05) is 26.4 Å². The van der Waals surface area contributed by atoms with Crippen LogP contribution < -0.4 is 18.9 Å². The first kappa shape index (κ1) is 18.5. The smallest absolute Gasteiger partial charge is 0.240 e. The Morgan fingerprint density at radius 1 is 1.04 bits per heavy atom. The Labute approximate surface area is 154 Å². The molecule has 7 heteroatoms. The summed E-state index contributed by atoms with van der Waals surface area (Å²) >= 11 is 0. The summed E-state index contributed by atoms with van der Waals surface area (Å²) in [6.45, 7) is 3.44. The van der Waals surface area contributed by atoms with Crippen LogP contribution in [0.25, 0.3) is 0 Å². The fourth-order valence-corrected chi connectivity index (χ4v) is 3.69. The maximum absolute atomic E-state index is 12.4. The van der Waals surface area contributed by atoms with Crippen molar-refractivity contribution in [3.8, 4) is 17.2 Å². The average molecular weight is 377 g/mol. The second-order valence-electron chi connectivity index (χ2n) is 5.95. The van der Waals surface area contributed by atoms with Crippen molar-refractivity contribution in [1.29, 1.82) is 0 Å². The lowest BCUT2D eigenvalue weighted by molar-refractivity contribution is 0.171. The topological polar surface area (TPSA) is 73.9 Å².